The zero-order valence-corrected chi connectivity index (χ0v) is 13.2. The highest BCUT2D eigenvalue weighted by Gasteiger charge is 2.08. The first-order chi connectivity index (χ1) is 10.6. The molecule has 0 spiro atoms. The van der Waals surface area contributed by atoms with Crippen LogP contribution >= 0.6 is 11.3 Å². The summed E-state index contributed by atoms with van der Waals surface area (Å²) in [5, 5.41) is 25.9. The lowest BCUT2D eigenvalue weighted by molar-refractivity contribution is 0.0802. The Kier molecular flexibility index (Phi) is 5.94. The van der Waals surface area contributed by atoms with Crippen molar-refractivity contribution in [2.24, 2.45) is 0 Å². The first-order valence-corrected chi connectivity index (χ1v) is 7.92. The normalized spacial score (nSPS) is 12.0. The van der Waals surface area contributed by atoms with Crippen LogP contribution in [0.25, 0.3) is 0 Å². The highest BCUT2D eigenvalue weighted by atomic mass is 32.1. The van der Waals surface area contributed by atoms with Gasteiger partial charge in [0.05, 0.1) is 12.7 Å². The molecule has 4 N–H and O–H groups in total. The molecule has 6 heteroatoms. The van der Waals surface area contributed by atoms with Crippen LogP contribution in [0.15, 0.2) is 35.7 Å². The predicted octanol–water partition coefficient (Wildman–Crippen LogP) is 1.75. The minimum atomic E-state index is -0.932. The number of nitrogens with one attached hydrogen (secondary N) is 2. The van der Waals surface area contributed by atoms with Crippen molar-refractivity contribution in [1.29, 1.82) is 0 Å². The first-order valence-electron chi connectivity index (χ1n) is 7.04. The van der Waals surface area contributed by atoms with E-state index in [-0.39, 0.29) is 19.1 Å². The van der Waals surface area contributed by atoms with E-state index < -0.39 is 6.10 Å². The second-order valence-electron chi connectivity index (χ2n) is 5.00. The Labute approximate surface area is 133 Å². The Morgan fingerprint density at radius 1 is 1.27 bits per heavy atom. The van der Waals surface area contributed by atoms with Crippen molar-refractivity contribution in [2.75, 3.05) is 18.5 Å². The summed E-state index contributed by atoms with van der Waals surface area (Å²) in [5.74, 6) is -0.270. The van der Waals surface area contributed by atoms with Crippen molar-refractivity contribution in [3.63, 3.8) is 0 Å². The lowest BCUT2D eigenvalue weighted by Gasteiger charge is -2.10. The number of thiophene rings is 1. The van der Waals surface area contributed by atoms with Gasteiger partial charge in [-0.3, -0.25) is 4.79 Å². The van der Waals surface area contributed by atoms with E-state index in [1.807, 2.05) is 12.1 Å². The van der Waals surface area contributed by atoms with Crippen LogP contribution in [-0.4, -0.2) is 35.4 Å². The molecule has 0 saturated heterocycles. The number of amides is 1. The van der Waals surface area contributed by atoms with Crippen LogP contribution in [0, 0.1) is 6.92 Å². The Balaban J connectivity index is 1.87. The minimum absolute atomic E-state index is 0.0347. The standard InChI is InChI=1S/C16H20N2O3S/c1-11-6-7-22-15(11)9-17-13-4-2-12(3-5-13)16(21)18-8-14(20)10-19/h2-7,14,17,19-20H,8-10H2,1H3,(H,18,21). The molecule has 2 rings (SSSR count). The summed E-state index contributed by atoms with van der Waals surface area (Å²) < 4.78 is 0. The van der Waals surface area contributed by atoms with Crippen molar-refractivity contribution in [3.8, 4) is 0 Å². The van der Waals surface area contributed by atoms with Crippen LogP contribution in [0.2, 0.25) is 0 Å². The van der Waals surface area contributed by atoms with Crippen molar-refractivity contribution < 1.29 is 15.0 Å². The van der Waals surface area contributed by atoms with Gasteiger partial charge in [0.1, 0.15) is 0 Å². The fourth-order valence-corrected chi connectivity index (χ4v) is 2.73. The quantitative estimate of drug-likeness (QED) is 0.626. The molecular formula is C16H20N2O3S. The second-order valence-corrected chi connectivity index (χ2v) is 6.00. The van der Waals surface area contributed by atoms with E-state index in [1.54, 1.807) is 23.5 Å². The first kappa shape index (κ1) is 16.5. The van der Waals surface area contributed by atoms with E-state index >= 15 is 0 Å². The highest BCUT2D eigenvalue weighted by Crippen LogP contribution is 2.18. The van der Waals surface area contributed by atoms with Gasteiger partial charge in [-0.15, -0.1) is 11.3 Å². The maximum Gasteiger partial charge on any atom is 0.251 e. The molecule has 1 aromatic carbocycles. The summed E-state index contributed by atoms with van der Waals surface area (Å²) in [5.41, 5.74) is 2.73. The van der Waals surface area contributed by atoms with Crippen molar-refractivity contribution in [3.05, 3.63) is 51.7 Å². The summed E-state index contributed by atoms with van der Waals surface area (Å²) in [6, 6.07) is 9.24. The van der Waals surface area contributed by atoms with Gasteiger partial charge in [-0.25, -0.2) is 0 Å². The minimum Gasteiger partial charge on any atom is -0.394 e. The lowest BCUT2D eigenvalue weighted by Crippen LogP contribution is -2.33. The van der Waals surface area contributed by atoms with Crippen molar-refractivity contribution in [1.82, 2.24) is 5.32 Å². The number of aliphatic hydroxyl groups excluding tert-OH is 2. The van der Waals surface area contributed by atoms with Crippen LogP contribution in [0.3, 0.4) is 0 Å². The molecule has 0 aliphatic rings. The Morgan fingerprint density at radius 3 is 2.59 bits per heavy atom. The molecule has 0 aliphatic carbocycles. The number of benzene rings is 1. The number of carbonyl (C=O) groups is 1. The lowest BCUT2D eigenvalue weighted by atomic mass is 10.2. The van der Waals surface area contributed by atoms with Crippen LogP contribution in [0.4, 0.5) is 5.69 Å². The third-order valence-corrected chi connectivity index (χ3v) is 4.30. The molecule has 118 valence electrons. The molecule has 0 aliphatic heterocycles. The van der Waals surface area contributed by atoms with Crippen molar-refractivity contribution in [2.45, 2.75) is 19.6 Å². The van der Waals surface area contributed by atoms with Gasteiger partial charge in [-0.05, 0) is 48.2 Å². The molecule has 2 aromatic rings. The zero-order valence-electron chi connectivity index (χ0n) is 12.4. The van der Waals surface area contributed by atoms with Gasteiger partial charge >= 0.3 is 0 Å². The summed E-state index contributed by atoms with van der Waals surface area (Å²) >= 11 is 1.72. The Hall–Kier alpha value is -1.89. The Bertz CT molecular complexity index is 610. The number of hydrogen-bond donors (Lipinski definition) is 4. The maximum absolute atomic E-state index is 11.8. The molecule has 1 aromatic heterocycles. The molecule has 0 saturated carbocycles. The summed E-state index contributed by atoms with van der Waals surface area (Å²) in [6.45, 7) is 2.51. The summed E-state index contributed by atoms with van der Waals surface area (Å²) in [4.78, 5) is 13.1. The third-order valence-electron chi connectivity index (χ3n) is 3.28. The molecule has 1 unspecified atom stereocenters. The van der Waals surface area contributed by atoms with Crippen LogP contribution in [-0.2, 0) is 6.54 Å². The van der Waals surface area contributed by atoms with E-state index in [2.05, 4.69) is 29.0 Å². The topological polar surface area (TPSA) is 81.6 Å². The van der Waals surface area contributed by atoms with Gasteiger partial charge < -0.3 is 20.8 Å². The molecule has 1 atom stereocenters. The van der Waals surface area contributed by atoms with Crippen molar-refractivity contribution >= 4 is 22.9 Å². The van der Waals surface area contributed by atoms with Gasteiger partial charge in [0, 0.05) is 29.2 Å². The largest absolute Gasteiger partial charge is 0.394 e. The van der Waals surface area contributed by atoms with Gasteiger partial charge in [-0.1, -0.05) is 0 Å². The van der Waals surface area contributed by atoms with E-state index in [9.17, 15) is 9.90 Å². The number of hydrogen-bond acceptors (Lipinski definition) is 5. The van der Waals surface area contributed by atoms with Gasteiger partial charge in [0.25, 0.3) is 5.91 Å². The SMILES string of the molecule is Cc1ccsc1CNc1ccc(C(=O)NCC(O)CO)cc1. The number of anilines is 1. The smallest absolute Gasteiger partial charge is 0.251 e. The van der Waals surface area contributed by atoms with E-state index in [4.69, 9.17) is 5.11 Å². The van der Waals surface area contributed by atoms with Crippen LogP contribution in [0.1, 0.15) is 20.8 Å². The fourth-order valence-electron chi connectivity index (χ4n) is 1.88. The molecular weight excluding hydrogens is 300 g/mol. The number of aryl methyl sites for hydroxylation is 1. The molecule has 22 heavy (non-hydrogen) atoms. The number of rotatable bonds is 7. The highest BCUT2D eigenvalue weighted by molar-refractivity contribution is 7.10. The van der Waals surface area contributed by atoms with Crippen LogP contribution < -0.4 is 10.6 Å². The molecule has 1 amide bonds. The summed E-state index contributed by atoms with van der Waals surface area (Å²) in [6.07, 6.45) is -0.932. The molecule has 5 nitrogen and oxygen atoms in total. The molecule has 0 bridgehead atoms. The fraction of sp³-hybridized carbons (Fsp3) is 0.312. The number of carbonyl (C=O) groups excluding carboxylic acids is 1. The predicted molar refractivity (Wildman–Crippen MR) is 88.3 cm³/mol. The van der Waals surface area contributed by atoms with Gasteiger partial charge in [0.2, 0.25) is 0 Å². The summed E-state index contributed by atoms with van der Waals surface area (Å²) in [7, 11) is 0. The van der Waals surface area contributed by atoms with Gasteiger partial charge in [0.15, 0.2) is 0 Å². The zero-order chi connectivity index (χ0) is 15.9. The third kappa shape index (κ3) is 4.56. The number of aliphatic hydroxyl groups is 2. The maximum atomic E-state index is 11.8. The van der Waals surface area contributed by atoms with Crippen LogP contribution in [0.5, 0.6) is 0 Å². The van der Waals surface area contributed by atoms with E-state index in [0.717, 1.165) is 12.2 Å². The average molecular weight is 320 g/mol. The second kappa shape index (κ2) is 7.93. The average Bonchev–Trinajstić information content (AvgIpc) is 2.96. The van der Waals surface area contributed by atoms with Gasteiger partial charge in [-0.2, -0.15) is 0 Å². The van der Waals surface area contributed by atoms with E-state index in [1.165, 1.54) is 10.4 Å². The van der Waals surface area contributed by atoms with E-state index in [0.29, 0.717) is 5.56 Å². The molecule has 0 radical (unpaired) electrons. The Morgan fingerprint density at radius 2 is 2.00 bits per heavy atom. The monoisotopic (exact) mass is 320 g/mol. The molecule has 0 fully saturated rings. The molecule has 1 heterocycles.